The molecule has 0 heterocycles. The lowest BCUT2D eigenvalue weighted by Crippen LogP contribution is -2.43. The molecular formula is C14H21N3O2. The second-order valence-electron chi connectivity index (χ2n) is 4.50. The molecule has 3 amide bonds. The van der Waals surface area contributed by atoms with Gasteiger partial charge in [-0.25, -0.2) is 4.79 Å². The van der Waals surface area contributed by atoms with Crippen molar-refractivity contribution in [1.29, 1.82) is 0 Å². The Morgan fingerprint density at radius 3 is 2.47 bits per heavy atom. The van der Waals surface area contributed by atoms with Crippen molar-refractivity contribution in [3.05, 3.63) is 35.9 Å². The molecule has 0 aliphatic carbocycles. The fraction of sp³-hybridized carbons (Fsp3) is 0.429. The third kappa shape index (κ3) is 4.71. The highest BCUT2D eigenvalue weighted by Gasteiger charge is 2.25. The van der Waals surface area contributed by atoms with Gasteiger partial charge >= 0.3 is 6.03 Å². The number of urea groups is 1. The number of likely N-dealkylation sites (N-methyl/N-ethyl adjacent to an activating group) is 1. The van der Waals surface area contributed by atoms with Gasteiger partial charge in [-0.3, -0.25) is 15.0 Å². The second-order valence-corrected chi connectivity index (χ2v) is 4.50. The minimum Gasteiger partial charge on any atom is -0.351 e. The number of nitrogens with one attached hydrogen (secondary N) is 1. The molecule has 0 saturated carbocycles. The Bertz CT molecular complexity index is 420. The fourth-order valence-corrected chi connectivity index (χ4v) is 1.97. The lowest BCUT2D eigenvalue weighted by molar-refractivity contribution is -0.125. The van der Waals surface area contributed by atoms with E-state index in [2.05, 4.69) is 12.2 Å². The molecule has 0 spiro atoms. The first-order chi connectivity index (χ1) is 9.06. The van der Waals surface area contributed by atoms with E-state index in [0.717, 1.165) is 24.9 Å². The molecule has 1 aromatic carbocycles. The van der Waals surface area contributed by atoms with Gasteiger partial charge in [0.25, 0.3) is 0 Å². The topological polar surface area (TPSA) is 75.4 Å². The molecule has 0 aliphatic rings. The summed E-state index contributed by atoms with van der Waals surface area (Å²) in [5.41, 5.74) is 5.87. The molecule has 19 heavy (non-hydrogen) atoms. The van der Waals surface area contributed by atoms with E-state index in [1.165, 1.54) is 0 Å². The van der Waals surface area contributed by atoms with E-state index < -0.39 is 18.0 Å². The molecule has 0 aromatic heterocycles. The SMILES string of the molecule is CCCCN(C)[C@@H](C(=O)NC(N)=O)c1ccccc1. The van der Waals surface area contributed by atoms with Crippen LogP contribution in [0.5, 0.6) is 0 Å². The zero-order valence-corrected chi connectivity index (χ0v) is 11.4. The van der Waals surface area contributed by atoms with Gasteiger partial charge in [-0.2, -0.15) is 0 Å². The van der Waals surface area contributed by atoms with Gasteiger partial charge in [0.2, 0.25) is 5.91 Å². The third-order valence-electron chi connectivity index (χ3n) is 2.92. The predicted molar refractivity (Wildman–Crippen MR) is 74.4 cm³/mol. The van der Waals surface area contributed by atoms with E-state index >= 15 is 0 Å². The maximum absolute atomic E-state index is 12.1. The van der Waals surface area contributed by atoms with Crippen LogP contribution in [0.3, 0.4) is 0 Å². The predicted octanol–water partition coefficient (Wildman–Crippen LogP) is 1.65. The van der Waals surface area contributed by atoms with Crippen LogP contribution in [0.2, 0.25) is 0 Å². The van der Waals surface area contributed by atoms with Crippen molar-refractivity contribution in [3.8, 4) is 0 Å². The third-order valence-corrected chi connectivity index (χ3v) is 2.92. The summed E-state index contributed by atoms with van der Waals surface area (Å²) in [4.78, 5) is 24.9. The van der Waals surface area contributed by atoms with Gasteiger partial charge in [0.05, 0.1) is 0 Å². The van der Waals surface area contributed by atoms with Crippen molar-refractivity contribution < 1.29 is 9.59 Å². The van der Waals surface area contributed by atoms with Gasteiger partial charge in [0.15, 0.2) is 0 Å². The zero-order chi connectivity index (χ0) is 14.3. The Labute approximate surface area is 113 Å². The van der Waals surface area contributed by atoms with Crippen LogP contribution in [0.15, 0.2) is 30.3 Å². The van der Waals surface area contributed by atoms with Crippen LogP contribution < -0.4 is 11.1 Å². The first-order valence-electron chi connectivity index (χ1n) is 6.41. The van der Waals surface area contributed by atoms with Gasteiger partial charge in [-0.05, 0) is 25.6 Å². The summed E-state index contributed by atoms with van der Waals surface area (Å²) in [6.45, 7) is 2.87. The smallest absolute Gasteiger partial charge is 0.318 e. The van der Waals surface area contributed by atoms with E-state index in [1.807, 2.05) is 42.3 Å². The number of primary amides is 1. The number of rotatable bonds is 6. The molecule has 5 nitrogen and oxygen atoms in total. The van der Waals surface area contributed by atoms with Crippen molar-refractivity contribution >= 4 is 11.9 Å². The molecule has 0 saturated heterocycles. The van der Waals surface area contributed by atoms with Crippen molar-refractivity contribution in [1.82, 2.24) is 10.2 Å². The number of nitrogens with two attached hydrogens (primary N) is 1. The van der Waals surface area contributed by atoms with Gasteiger partial charge in [-0.1, -0.05) is 43.7 Å². The highest BCUT2D eigenvalue weighted by Crippen LogP contribution is 2.19. The standard InChI is InChI=1S/C14H21N3O2/c1-3-4-10-17(2)12(13(18)16-14(15)19)11-8-6-5-7-9-11/h5-9,12H,3-4,10H2,1-2H3,(H3,15,16,18,19)/t12-/m1/s1. The summed E-state index contributed by atoms with van der Waals surface area (Å²) in [6, 6.07) is 8.04. The summed E-state index contributed by atoms with van der Waals surface area (Å²) in [5, 5.41) is 2.16. The minimum absolute atomic E-state index is 0.391. The Hall–Kier alpha value is -1.88. The van der Waals surface area contributed by atoms with E-state index in [9.17, 15) is 9.59 Å². The Kier molecular flexibility index (Phi) is 6.02. The van der Waals surface area contributed by atoms with E-state index in [1.54, 1.807) is 0 Å². The Morgan fingerprint density at radius 2 is 1.95 bits per heavy atom. The monoisotopic (exact) mass is 263 g/mol. The van der Waals surface area contributed by atoms with Crippen molar-refractivity contribution in [2.75, 3.05) is 13.6 Å². The molecule has 5 heteroatoms. The number of amides is 3. The van der Waals surface area contributed by atoms with Crippen LogP contribution in [0, 0.1) is 0 Å². The van der Waals surface area contributed by atoms with Gasteiger partial charge in [0.1, 0.15) is 6.04 Å². The lowest BCUT2D eigenvalue weighted by atomic mass is 10.0. The largest absolute Gasteiger partial charge is 0.351 e. The first-order valence-corrected chi connectivity index (χ1v) is 6.41. The van der Waals surface area contributed by atoms with E-state index in [0.29, 0.717) is 0 Å². The van der Waals surface area contributed by atoms with Gasteiger partial charge < -0.3 is 5.73 Å². The van der Waals surface area contributed by atoms with Crippen molar-refractivity contribution in [3.63, 3.8) is 0 Å². The maximum atomic E-state index is 12.1. The number of benzene rings is 1. The van der Waals surface area contributed by atoms with E-state index in [-0.39, 0.29) is 0 Å². The average molecular weight is 263 g/mol. The summed E-state index contributed by atoms with van der Waals surface area (Å²) < 4.78 is 0. The highest BCUT2D eigenvalue weighted by molar-refractivity contribution is 5.96. The second kappa shape index (κ2) is 7.53. The van der Waals surface area contributed by atoms with Crippen molar-refractivity contribution in [2.24, 2.45) is 5.73 Å². The fourth-order valence-electron chi connectivity index (χ4n) is 1.97. The van der Waals surface area contributed by atoms with Crippen molar-refractivity contribution in [2.45, 2.75) is 25.8 Å². The number of hydrogen-bond acceptors (Lipinski definition) is 3. The molecule has 1 atom stereocenters. The normalized spacial score (nSPS) is 12.2. The molecule has 0 bridgehead atoms. The Balaban J connectivity index is 2.90. The number of imide groups is 1. The molecule has 104 valence electrons. The molecular weight excluding hydrogens is 242 g/mol. The number of carbonyl (C=O) groups excluding carboxylic acids is 2. The summed E-state index contributed by atoms with van der Waals surface area (Å²) in [7, 11) is 1.87. The Morgan fingerprint density at radius 1 is 1.32 bits per heavy atom. The first kappa shape index (κ1) is 15.2. The van der Waals surface area contributed by atoms with Gasteiger partial charge in [0, 0.05) is 0 Å². The molecule has 0 aliphatic heterocycles. The number of carbonyl (C=O) groups is 2. The summed E-state index contributed by atoms with van der Waals surface area (Å²) in [5.74, 6) is -0.391. The highest BCUT2D eigenvalue weighted by atomic mass is 16.2. The van der Waals surface area contributed by atoms with Crippen LogP contribution in [0.4, 0.5) is 4.79 Å². The average Bonchev–Trinajstić information content (AvgIpc) is 2.37. The van der Waals surface area contributed by atoms with Crippen LogP contribution in [0.25, 0.3) is 0 Å². The lowest BCUT2D eigenvalue weighted by Gasteiger charge is -2.26. The molecule has 1 aromatic rings. The molecule has 0 unspecified atom stereocenters. The minimum atomic E-state index is -0.824. The quantitative estimate of drug-likeness (QED) is 0.819. The van der Waals surface area contributed by atoms with Crippen LogP contribution in [0.1, 0.15) is 31.4 Å². The molecule has 0 radical (unpaired) electrons. The maximum Gasteiger partial charge on any atom is 0.318 e. The summed E-state index contributed by atoms with van der Waals surface area (Å²) in [6.07, 6.45) is 2.03. The summed E-state index contributed by atoms with van der Waals surface area (Å²) >= 11 is 0. The molecule has 3 N–H and O–H groups in total. The molecule has 0 fully saturated rings. The van der Waals surface area contributed by atoms with E-state index in [4.69, 9.17) is 5.73 Å². The molecule has 1 rings (SSSR count). The van der Waals surface area contributed by atoms with Crippen LogP contribution >= 0.6 is 0 Å². The van der Waals surface area contributed by atoms with Crippen LogP contribution in [-0.4, -0.2) is 30.4 Å². The number of unbranched alkanes of at least 4 members (excludes halogenated alkanes) is 1. The number of nitrogens with zero attached hydrogens (tertiary/aromatic N) is 1. The van der Waals surface area contributed by atoms with Crippen LogP contribution in [-0.2, 0) is 4.79 Å². The zero-order valence-electron chi connectivity index (χ0n) is 11.4. The van der Waals surface area contributed by atoms with Gasteiger partial charge in [-0.15, -0.1) is 0 Å². The number of hydrogen-bond donors (Lipinski definition) is 2.